The fraction of sp³-hybridized carbons (Fsp3) is 0.261. The average molecular weight is 439 g/mol. The average Bonchev–Trinajstić information content (AvgIpc) is 2.80. The minimum atomic E-state index is -0.472. The molecule has 166 valence electrons. The van der Waals surface area contributed by atoms with E-state index in [1.807, 2.05) is 0 Å². The number of nitro groups is 1. The molecule has 0 amide bonds. The minimum absolute atomic E-state index is 0.00360. The molecule has 9 heteroatoms. The summed E-state index contributed by atoms with van der Waals surface area (Å²) in [5, 5.41) is 10.7. The molecule has 1 aliphatic heterocycles. The lowest BCUT2D eigenvalue weighted by molar-refractivity contribution is -0.384. The molecule has 0 atom stereocenters. The van der Waals surface area contributed by atoms with E-state index in [2.05, 4.69) is 9.80 Å². The van der Waals surface area contributed by atoms with E-state index in [1.54, 1.807) is 24.3 Å². The third-order valence-electron chi connectivity index (χ3n) is 5.34. The number of nitro benzene ring substituents is 1. The third kappa shape index (κ3) is 5.30. The Hall–Kier alpha value is -3.72. The zero-order valence-corrected chi connectivity index (χ0v) is 17.3. The highest BCUT2D eigenvalue weighted by Crippen LogP contribution is 2.18. The molecule has 32 heavy (non-hydrogen) atoms. The van der Waals surface area contributed by atoms with Crippen molar-refractivity contribution in [1.29, 1.82) is 0 Å². The quantitative estimate of drug-likeness (QED) is 0.411. The molecular weight excluding hydrogens is 417 g/mol. The van der Waals surface area contributed by atoms with E-state index in [0.717, 1.165) is 31.9 Å². The van der Waals surface area contributed by atoms with E-state index in [0.29, 0.717) is 17.9 Å². The van der Waals surface area contributed by atoms with Crippen molar-refractivity contribution in [2.24, 2.45) is 0 Å². The first kappa shape index (κ1) is 21.5. The first-order valence-corrected chi connectivity index (χ1v) is 10.2. The zero-order valence-electron chi connectivity index (χ0n) is 17.3. The zero-order chi connectivity index (χ0) is 22.5. The highest BCUT2D eigenvalue weighted by molar-refractivity contribution is 5.46. The molecule has 1 fully saturated rings. The van der Waals surface area contributed by atoms with Crippen molar-refractivity contribution in [1.82, 2.24) is 4.90 Å². The van der Waals surface area contributed by atoms with Crippen LogP contribution in [0.4, 0.5) is 15.8 Å². The maximum Gasteiger partial charge on any atom is 0.269 e. The summed E-state index contributed by atoms with van der Waals surface area (Å²) >= 11 is 0. The second-order valence-corrected chi connectivity index (χ2v) is 7.53. The number of halogens is 1. The molecule has 2 aromatic carbocycles. The van der Waals surface area contributed by atoms with E-state index in [-0.39, 0.29) is 29.3 Å². The number of nitrogens with zero attached hydrogens (tertiary/aromatic N) is 3. The summed E-state index contributed by atoms with van der Waals surface area (Å²) in [5.74, 6) is 0.392. The van der Waals surface area contributed by atoms with Crippen LogP contribution < -0.4 is 15.1 Å². The number of piperazine rings is 1. The first-order chi connectivity index (χ1) is 15.5. The third-order valence-corrected chi connectivity index (χ3v) is 5.34. The summed E-state index contributed by atoms with van der Waals surface area (Å²) in [7, 11) is 0. The molecule has 1 saturated heterocycles. The lowest BCUT2D eigenvalue weighted by Gasteiger charge is -2.35. The summed E-state index contributed by atoms with van der Waals surface area (Å²) in [6, 6.07) is 13.8. The lowest BCUT2D eigenvalue weighted by Crippen LogP contribution is -2.46. The van der Waals surface area contributed by atoms with Crippen LogP contribution in [0.1, 0.15) is 11.3 Å². The standard InChI is InChI=1S/C23H22FN3O5/c24-18-3-7-19(8-4-18)26-11-9-25(10-12-26)14-21-13-22(28)23(16-31-21)32-15-17-1-5-20(6-2-17)27(29)30/h1-8,13,16H,9-12,14-15H2. The number of hydrogen-bond acceptors (Lipinski definition) is 7. The summed E-state index contributed by atoms with van der Waals surface area (Å²) < 4.78 is 24.2. The Morgan fingerprint density at radius 1 is 1.03 bits per heavy atom. The van der Waals surface area contributed by atoms with Gasteiger partial charge in [-0.15, -0.1) is 0 Å². The lowest BCUT2D eigenvalue weighted by atomic mass is 10.2. The molecule has 4 rings (SSSR count). The van der Waals surface area contributed by atoms with Crippen molar-refractivity contribution in [3.8, 4) is 5.75 Å². The van der Waals surface area contributed by atoms with Gasteiger partial charge in [-0.1, -0.05) is 0 Å². The maximum absolute atomic E-state index is 13.1. The van der Waals surface area contributed by atoms with Crippen molar-refractivity contribution in [3.05, 3.63) is 98.3 Å². The van der Waals surface area contributed by atoms with Crippen LogP contribution in [-0.2, 0) is 13.2 Å². The second kappa shape index (κ2) is 9.61. The maximum atomic E-state index is 13.1. The molecule has 1 aliphatic rings. The highest BCUT2D eigenvalue weighted by atomic mass is 19.1. The van der Waals surface area contributed by atoms with Crippen molar-refractivity contribution in [3.63, 3.8) is 0 Å². The van der Waals surface area contributed by atoms with Gasteiger partial charge in [-0.05, 0) is 42.0 Å². The molecular formula is C23H22FN3O5. The van der Waals surface area contributed by atoms with Crippen molar-refractivity contribution in [2.75, 3.05) is 31.1 Å². The van der Waals surface area contributed by atoms with Gasteiger partial charge in [0.2, 0.25) is 11.2 Å². The number of benzene rings is 2. The predicted octanol–water partition coefficient (Wildman–Crippen LogP) is 3.59. The Morgan fingerprint density at radius 3 is 2.34 bits per heavy atom. The molecule has 0 aliphatic carbocycles. The molecule has 0 unspecified atom stereocenters. The molecule has 2 heterocycles. The van der Waals surface area contributed by atoms with Gasteiger partial charge in [0.25, 0.3) is 5.69 Å². The molecule has 3 aromatic rings. The number of rotatable bonds is 7. The van der Waals surface area contributed by atoms with Crippen LogP contribution in [0.5, 0.6) is 5.75 Å². The number of ether oxygens (including phenoxy) is 1. The monoisotopic (exact) mass is 439 g/mol. The van der Waals surface area contributed by atoms with Crippen molar-refractivity contribution >= 4 is 11.4 Å². The molecule has 0 saturated carbocycles. The first-order valence-electron chi connectivity index (χ1n) is 10.2. The van der Waals surface area contributed by atoms with Crippen LogP contribution in [0.2, 0.25) is 0 Å². The van der Waals surface area contributed by atoms with Crippen LogP contribution in [0.3, 0.4) is 0 Å². The van der Waals surface area contributed by atoms with Crippen LogP contribution in [0, 0.1) is 15.9 Å². The number of hydrogen-bond donors (Lipinski definition) is 0. The summed E-state index contributed by atoms with van der Waals surface area (Å²) in [4.78, 5) is 27.0. The Kier molecular flexibility index (Phi) is 6.46. The van der Waals surface area contributed by atoms with Gasteiger partial charge in [0.05, 0.1) is 11.5 Å². The number of anilines is 1. The van der Waals surface area contributed by atoms with Gasteiger partial charge in [0, 0.05) is 50.1 Å². The molecule has 1 aromatic heterocycles. The van der Waals surface area contributed by atoms with Gasteiger partial charge >= 0.3 is 0 Å². The van der Waals surface area contributed by atoms with E-state index >= 15 is 0 Å². The van der Waals surface area contributed by atoms with Gasteiger partial charge in [-0.3, -0.25) is 19.8 Å². The van der Waals surface area contributed by atoms with Crippen LogP contribution in [-0.4, -0.2) is 36.0 Å². The molecule has 0 N–H and O–H groups in total. The Morgan fingerprint density at radius 2 is 1.72 bits per heavy atom. The highest BCUT2D eigenvalue weighted by Gasteiger charge is 2.18. The van der Waals surface area contributed by atoms with E-state index in [1.165, 1.54) is 36.6 Å². The van der Waals surface area contributed by atoms with Gasteiger partial charge in [-0.25, -0.2) is 4.39 Å². The smallest absolute Gasteiger partial charge is 0.269 e. The molecule has 0 radical (unpaired) electrons. The molecule has 8 nitrogen and oxygen atoms in total. The van der Waals surface area contributed by atoms with Gasteiger partial charge in [0.15, 0.2) is 0 Å². The van der Waals surface area contributed by atoms with E-state index in [4.69, 9.17) is 9.15 Å². The Bertz CT molecular complexity index is 1120. The normalized spacial score (nSPS) is 14.3. The van der Waals surface area contributed by atoms with Crippen molar-refractivity contribution in [2.45, 2.75) is 13.2 Å². The van der Waals surface area contributed by atoms with Crippen LogP contribution >= 0.6 is 0 Å². The fourth-order valence-electron chi connectivity index (χ4n) is 3.54. The summed E-state index contributed by atoms with van der Waals surface area (Å²) in [6.45, 7) is 3.79. The second-order valence-electron chi connectivity index (χ2n) is 7.53. The van der Waals surface area contributed by atoms with E-state index in [9.17, 15) is 19.3 Å². The predicted molar refractivity (Wildman–Crippen MR) is 116 cm³/mol. The topological polar surface area (TPSA) is 89.1 Å². The van der Waals surface area contributed by atoms with Crippen molar-refractivity contribution < 1.29 is 18.5 Å². The number of non-ortho nitro benzene ring substituents is 1. The summed E-state index contributed by atoms with van der Waals surface area (Å²) in [6.07, 6.45) is 1.30. The fourth-order valence-corrected chi connectivity index (χ4v) is 3.54. The molecule has 0 spiro atoms. The Balaban J connectivity index is 1.29. The van der Waals surface area contributed by atoms with Gasteiger partial charge in [0.1, 0.15) is 24.4 Å². The summed E-state index contributed by atoms with van der Waals surface area (Å²) in [5.41, 5.74) is 1.42. The van der Waals surface area contributed by atoms with Crippen LogP contribution in [0.25, 0.3) is 0 Å². The largest absolute Gasteiger partial charge is 0.482 e. The van der Waals surface area contributed by atoms with Crippen LogP contribution in [0.15, 0.2) is 70.1 Å². The molecule has 0 bridgehead atoms. The van der Waals surface area contributed by atoms with Gasteiger partial charge in [-0.2, -0.15) is 0 Å². The Labute approximate surface area is 183 Å². The van der Waals surface area contributed by atoms with E-state index < -0.39 is 4.92 Å². The van der Waals surface area contributed by atoms with Gasteiger partial charge < -0.3 is 14.1 Å². The minimum Gasteiger partial charge on any atom is -0.482 e. The SMILES string of the molecule is O=c1cc(CN2CCN(c3ccc(F)cc3)CC2)occ1OCc1ccc([N+](=O)[O-])cc1.